The fraction of sp³-hybridized carbons (Fsp3) is 0.412. The van der Waals surface area contributed by atoms with Crippen molar-refractivity contribution in [2.45, 2.75) is 33.6 Å². The Hall–Kier alpha value is -2.35. The molecule has 0 unspecified atom stereocenters. The Morgan fingerprint density at radius 2 is 1.84 bits per heavy atom. The number of carbonyl (C=O) groups excluding carboxylic acids is 1. The molecule has 1 aromatic heterocycles. The van der Waals surface area contributed by atoms with E-state index in [1.165, 1.54) is 6.07 Å². The third kappa shape index (κ3) is 4.60. The summed E-state index contributed by atoms with van der Waals surface area (Å²) in [6, 6.07) is 7.33. The lowest BCUT2D eigenvalue weighted by molar-refractivity contribution is -0.114. The molecule has 2 rings (SSSR count). The van der Waals surface area contributed by atoms with Crippen molar-refractivity contribution in [2.24, 2.45) is 0 Å². The van der Waals surface area contributed by atoms with E-state index in [-0.39, 0.29) is 12.4 Å². The van der Waals surface area contributed by atoms with Gasteiger partial charge in [-0.3, -0.25) is 4.79 Å². The van der Waals surface area contributed by atoms with Gasteiger partial charge in [0.2, 0.25) is 15.9 Å². The number of hydrogen-bond acceptors (Lipinski definition) is 5. The SMILES string of the molecule is CCc1cccc(CC)c1NC(=O)CN(c1cc(C)on1)S(C)(=O)=O. The van der Waals surface area contributed by atoms with Crippen LogP contribution in [-0.2, 0) is 27.7 Å². The minimum absolute atomic E-state index is 0.0923. The molecule has 0 radical (unpaired) electrons. The second-order valence-corrected chi connectivity index (χ2v) is 7.68. The van der Waals surface area contributed by atoms with Crippen LogP contribution in [0.2, 0.25) is 0 Å². The van der Waals surface area contributed by atoms with Crippen molar-refractivity contribution in [1.82, 2.24) is 5.16 Å². The fourth-order valence-corrected chi connectivity index (χ4v) is 3.33. The first kappa shape index (κ1) is 19.0. The lowest BCUT2D eigenvalue weighted by Gasteiger charge is -2.20. The molecule has 7 nitrogen and oxygen atoms in total. The number of nitrogens with zero attached hydrogens (tertiary/aromatic N) is 2. The first-order valence-corrected chi connectivity index (χ1v) is 9.92. The van der Waals surface area contributed by atoms with Crippen LogP contribution < -0.4 is 9.62 Å². The van der Waals surface area contributed by atoms with E-state index in [0.29, 0.717) is 5.76 Å². The highest BCUT2D eigenvalue weighted by atomic mass is 32.2. The van der Waals surface area contributed by atoms with Crippen molar-refractivity contribution in [2.75, 3.05) is 22.4 Å². The van der Waals surface area contributed by atoms with E-state index in [0.717, 1.165) is 40.2 Å². The average Bonchev–Trinajstić information content (AvgIpc) is 2.97. The molecule has 136 valence electrons. The number of hydrogen-bond donors (Lipinski definition) is 1. The molecule has 0 saturated carbocycles. The summed E-state index contributed by atoms with van der Waals surface area (Å²) in [6.07, 6.45) is 2.56. The molecule has 0 aliphatic rings. The standard InChI is InChI=1S/C17H23N3O4S/c1-5-13-8-7-9-14(6-2)17(13)18-16(21)11-20(25(4,22)23)15-10-12(3)24-19-15/h7-10H,5-6,11H2,1-4H3,(H,18,21). The fourth-order valence-electron chi connectivity index (χ4n) is 2.55. The van der Waals surface area contributed by atoms with Crippen LogP contribution >= 0.6 is 0 Å². The third-order valence-electron chi connectivity index (χ3n) is 3.82. The Morgan fingerprint density at radius 3 is 2.28 bits per heavy atom. The summed E-state index contributed by atoms with van der Waals surface area (Å²) in [5, 5.41) is 6.56. The molecule has 0 spiro atoms. The number of aryl methyl sites for hydroxylation is 3. The van der Waals surface area contributed by atoms with Gasteiger partial charge in [-0.05, 0) is 30.9 Å². The molecular weight excluding hydrogens is 342 g/mol. The van der Waals surface area contributed by atoms with Gasteiger partial charge in [0.25, 0.3) is 0 Å². The maximum Gasteiger partial charge on any atom is 0.245 e. The molecule has 8 heteroatoms. The number of rotatable bonds is 7. The van der Waals surface area contributed by atoms with Gasteiger partial charge in [0.15, 0.2) is 5.82 Å². The van der Waals surface area contributed by atoms with Gasteiger partial charge >= 0.3 is 0 Å². The number of aromatic nitrogens is 1. The molecule has 0 atom stereocenters. The van der Waals surface area contributed by atoms with Gasteiger partial charge in [-0.1, -0.05) is 37.2 Å². The van der Waals surface area contributed by atoms with Gasteiger partial charge in [0.1, 0.15) is 12.3 Å². The second kappa shape index (κ2) is 7.69. The molecule has 1 aromatic carbocycles. The molecular formula is C17H23N3O4S. The van der Waals surface area contributed by atoms with Crippen LogP contribution in [0.5, 0.6) is 0 Å². The molecule has 1 N–H and O–H groups in total. The summed E-state index contributed by atoms with van der Waals surface area (Å²) in [5.41, 5.74) is 2.77. The summed E-state index contributed by atoms with van der Waals surface area (Å²) >= 11 is 0. The molecule has 0 aliphatic carbocycles. The Labute approximate surface area is 148 Å². The van der Waals surface area contributed by atoms with Gasteiger partial charge in [-0.2, -0.15) is 0 Å². The van der Waals surface area contributed by atoms with E-state index in [4.69, 9.17) is 4.52 Å². The summed E-state index contributed by atoms with van der Waals surface area (Å²) in [7, 11) is -3.67. The molecule has 25 heavy (non-hydrogen) atoms. The summed E-state index contributed by atoms with van der Waals surface area (Å²) in [5.74, 6) is 0.130. The molecule has 0 saturated heterocycles. The van der Waals surface area contributed by atoms with Gasteiger partial charge in [-0.25, -0.2) is 12.7 Å². The van der Waals surface area contributed by atoms with E-state index in [9.17, 15) is 13.2 Å². The largest absolute Gasteiger partial charge is 0.360 e. The molecule has 0 fully saturated rings. The molecule has 1 amide bonds. The molecule has 0 bridgehead atoms. The van der Waals surface area contributed by atoms with Gasteiger partial charge in [-0.15, -0.1) is 0 Å². The predicted molar refractivity (Wildman–Crippen MR) is 97.3 cm³/mol. The zero-order valence-electron chi connectivity index (χ0n) is 14.9. The maximum absolute atomic E-state index is 12.5. The third-order valence-corrected chi connectivity index (χ3v) is 4.94. The van der Waals surface area contributed by atoms with Gasteiger partial charge in [0.05, 0.1) is 6.26 Å². The minimum atomic E-state index is -3.67. The first-order chi connectivity index (χ1) is 11.8. The average molecular weight is 365 g/mol. The lowest BCUT2D eigenvalue weighted by Crippen LogP contribution is -2.37. The van der Waals surface area contributed by atoms with Crippen LogP contribution in [0.3, 0.4) is 0 Å². The van der Waals surface area contributed by atoms with Crippen LogP contribution in [0.15, 0.2) is 28.8 Å². The van der Waals surface area contributed by atoms with Crippen molar-refractivity contribution < 1.29 is 17.7 Å². The summed E-state index contributed by atoms with van der Waals surface area (Å²) in [4.78, 5) is 12.5. The Morgan fingerprint density at radius 1 is 1.24 bits per heavy atom. The number of carbonyl (C=O) groups is 1. The number of para-hydroxylation sites is 1. The highest BCUT2D eigenvalue weighted by molar-refractivity contribution is 7.92. The van der Waals surface area contributed by atoms with Crippen molar-refractivity contribution in [1.29, 1.82) is 0 Å². The van der Waals surface area contributed by atoms with Crippen molar-refractivity contribution in [3.05, 3.63) is 41.2 Å². The number of benzene rings is 1. The quantitative estimate of drug-likeness (QED) is 0.814. The Balaban J connectivity index is 2.26. The van der Waals surface area contributed by atoms with Crippen molar-refractivity contribution in [3.63, 3.8) is 0 Å². The normalized spacial score (nSPS) is 11.4. The monoisotopic (exact) mass is 365 g/mol. The van der Waals surface area contributed by atoms with Crippen molar-refractivity contribution >= 4 is 27.4 Å². The minimum Gasteiger partial charge on any atom is -0.360 e. The van der Waals surface area contributed by atoms with Crippen molar-refractivity contribution in [3.8, 4) is 0 Å². The van der Waals surface area contributed by atoms with E-state index in [1.807, 2.05) is 32.0 Å². The number of nitrogens with one attached hydrogen (secondary N) is 1. The van der Waals surface area contributed by atoms with E-state index < -0.39 is 15.9 Å². The highest BCUT2D eigenvalue weighted by Crippen LogP contribution is 2.23. The number of anilines is 2. The van der Waals surface area contributed by atoms with E-state index in [2.05, 4.69) is 10.5 Å². The topological polar surface area (TPSA) is 92.5 Å². The van der Waals surface area contributed by atoms with Gasteiger partial charge < -0.3 is 9.84 Å². The Bertz CT molecular complexity index is 836. The second-order valence-electron chi connectivity index (χ2n) is 5.77. The van der Waals surface area contributed by atoms with Crippen LogP contribution in [0, 0.1) is 6.92 Å². The Kier molecular flexibility index (Phi) is 5.84. The van der Waals surface area contributed by atoms with E-state index in [1.54, 1.807) is 6.92 Å². The zero-order valence-corrected chi connectivity index (χ0v) is 15.7. The predicted octanol–water partition coefficient (Wildman–Crippen LogP) is 2.51. The number of amides is 1. The highest BCUT2D eigenvalue weighted by Gasteiger charge is 2.24. The van der Waals surface area contributed by atoms with Crippen LogP contribution in [-0.4, -0.2) is 32.3 Å². The number of sulfonamides is 1. The maximum atomic E-state index is 12.5. The summed E-state index contributed by atoms with van der Waals surface area (Å²) < 4.78 is 29.9. The molecule has 0 aliphatic heterocycles. The molecule has 2 aromatic rings. The smallest absolute Gasteiger partial charge is 0.245 e. The summed E-state index contributed by atoms with van der Waals surface area (Å²) in [6.45, 7) is 5.30. The first-order valence-electron chi connectivity index (χ1n) is 8.07. The van der Waals surface area contributed by atoms with Crippen LogP contribution in [0.4, 0.5) is 11.5 Å². The van der Waals surface area contributed by atoms with Gasteiger partial charge in [0, 0.05) is 11.8 Å². The van der Waals surface area contributed by atoms with Crippen LogP contribution in [0.25, 0.3) is 0 Å². The zero-order chi connectivity index (χ0) is 18.6. The molecule has 1 heterocycles. The van der Waals surface area contributed by atoms with E-state index >= 15 is 0 Å². The lowest BCUT2D eigenvalue weighted by atomic mass is 10.0. The van der Waals surface area contributed by atoms with Crippen LogP contribution in [0.1, 0.15) is 30.7 Å².